The Labute approximate surface area is 121 Å². The molecule has 0 saturated heterocycles. The summed E-state index contributed by atoms with van der Waals surface area (Å²) in [4.78, 5) is 4.10. The van der Waals surface area contributed by atoms with E-state index in [-0.39, 0.29) is 0 Å². The van der Waals surface area contributed by atoms with Crippen molar-refractivity contribution in [3.63, 3.8) is 0 Å². The molecule has 0 aliphatic carbocycles. The minimum atomic E-state index is -0.401. The summed E-state index contributed by atoms with van der Waals surface area (Å²) in [5.74, 6) is 0.637. The first-order chi connectivity index (χ1) is 9.65. The standard InChI is InChI=1S/C18H23NO/c1-14(2)11-16-5-3-7-17(12-16)18(20)9-8-15-6-4-10-19-13-15/h3-7,10,12-14,18,20H,8-9,11H2,1-2H3. The molecule has 0 radical (unpaired) electrons. The molecule has 0 aliphatic heterocycles. The third kappa shape index (κ3) is 4.46. The maximum absolute atomic E-state index is 10.3. The average molecular weight is 269 g/mol. The zero-order valence-electron chi connectivity index (χ0n) is 12.3. The van der Waals surface area contributed by atoms with E-state index in [1.54, 1.807) is 6.20 Å². The largest absolute Gasteiger partial charge is 0.388 e. The summed E-state index contributed by atoms with van der Waals surface area (Å²) in [7, 11) is 0. The number of aliphatic hydroxyl groups excluding tert-OH is 1. The number of benzene rings is 1. The summed E-state index contributed by atoms with van der Waals surface area (Å²) in [6, 6.07) is 12.3. The Bertz CT molecular complexity index is 522. The van der Waals surface area contributed by atoms with Crippen LogP contribution in [0, 0.1) is 5.92 Å². The van der Waals surface area contributed by atoms with E-state index in [9.17, 15) is 5.11 Å². The molecule has 0 aliphatic rings. The van der Waals surface area contributed by atoms with Gasteiger partial charge in [0.15, 0.2) is 0 Å². The summed E-state index contributed by atoms with van der Waals surface area (Å²) in [6.07, 6.45) is 5.88. The van der Waals surface area contributed by atoms with Gasteiger partial charge in [0, 0.05) is 12.4 Å². The summed E-state index contributed by atoms with van der Waals surface area (Å²) < 4.78 is 0. The van der Waals surface area contributed by atoms with Crippen LogP contribution >= 0.6 is 0 Å². The first-order valence-electron chi connectivity index (χ1n) is 7.31. The fourth-order valence-corrected chi connectivity index (χ4v) is 2.41. The Morgan fingerprint density at radius 3 is 2.60 bits per heavy atom. The predicted molar refractivity (Wildman–Crippen MR) is 82.5 cm³/mol. The quantitative estimate of drug-likeness (QED) is 0.861. The van der Waals surface area contributed by atoms with Crippen LogP contribution in [-0.2, 0) is 12.8 Å². The van der Waals surface area contributed by atoms with Gasteiger partial charge in [-0.25, -0.2) is 0 Å². The van der Waals surface area contributed by atoms with E-state index in [1.165, 1.54) is 11.1 Å². The number of rotatable bonds is 6. The molecule has 2 heteroatoms. The van der Waals surface area contributed by atoms with Crippen LogP contribution in [0.1, 0.15) is 43.1 Å². The van der Waals surface area contributed by atoms with Gasteiger partial charge in [-0.2, -0.15) is 0 Å². The monoisotopic (exact) mass is 269 g/mol. The molecule has 0 bridgehead atoms. The SMILES string of the molecule is CC(C)Cc1cccc(C(O)CCc2cccnc2)c1. The fraction of sp³-hybridized carbons (Fsp3) is 0.389. The summed E-state index contributed by atoms with van der Waals surface area (Å²) in [6.45, 7) is 4.43. The lowest BCUT2D eigenvalue weighted by Crippen LogP contribution is -2.02. The third-order valence-electron chi connectivity index (χ3n) is 3.41. The normalized spacial score (nSPS) is 12.6. The second-order valence-electron chi connectivity index (χ2n) is 5.76. The molecule has 2 rings (SSSR count). The highest BCUT2D eigenvalue weighted by Gasteiger charge is 2.09. The van der Waals surface area contributed by atoms with Crippen molar-refractivity contribution < 1.29 is 5.11 Å². The maximum Gasteiger partial charge on any atom is 0.0793 e. The molecule has 1 atom stereocenters. The second-order valence-corrected chi connectivity index (χ2v) is 5.76. The number of aliphatic hydroxyl groups is 1. The van der Waals surface area contributed by atoms with Gasteiger partial charge in [0.25, 0.3) is 0 Å². The molecule has 20 heavy (non-hydrogen) atoms. The number of hydrogen-bond acceptors (Lipinski definition) is 2. The van der Waals surface area contributed by atoms with Crippen molar-refractivity contribution in [2.45, 2.75) is 39.2 Å². The van der Waals surface area contributed by atoms with Crippen LogP contribution in [0.4, 0.5) is 0 Å². The highest BCUT2D eigenvalue weighted by atomic mass is 16.3. The average Bonchev–Trinajstić information content (AvgIpc) is 2.45. The number of pyridine rings is 1. The molecular weight excluding hydrogens is 246 g/mol. The molecule has 1 unspecified atom stereocenters. The Hall–Kier alpha value is -1.67. The zero-order valence-corrected chi connectivity index (χ0v) is 12.3. The van der Waals surface area contributed by atoms with E-state index >= 15 is 0 Å². The molecule has 0 saturated carbocycles. The van der Waals surface area contributed by atoms with Gasteiger partial charge in [-0.1, -0.05) is 44.2 Å². The Morgan fingerprint density at radius 1 is 1.10 bits per heavy atom. The van der Waals surface area contributed by atoms with Crippen molar-refractivity contribution in [1.82, 2.24) is 4.98 Å². The van der Waals surface area contributed by atoms with E-state index < -0.39 is 6.10 Å². The van der Waals surface area contributed by atoms with Gasteiger partial charge in [-0.15, -0.1) is 0 Å². The summed E-state index contributed by atoms with van der Waals surface area (Å²) >= 11 is 0. The Balaban J connectivity index is 1.96. The Morgan fingerprint density at radius 2 is 1.90 bits per heavy atom. The van der Waals surface area contributed by atoms with Crippen molar-refractivity contribution in [2.75, 3.05) is 0 Å². The highest BCUT2D eigenvalue weighted by Crippen LogP contribution is 2.21. The van der Waals surface area contributed by atoms with Gasteiger partial charge in [0.05, 0.1) is 6.10 Å². The number of nitrogens with zero attached hydrogens (tertiary/aromatic N) is 1. The van der Waals surface area contributed by atoms with E-state index in [0.29, 0.717) is 5.92 Å². The summed E-state index contributed by atoms with van der Waals surface area (Å²) in [5, 5.41) is 10.3. The van der Waals surface area contributed by atoms with E-state index in [1.807, 2.05) is 24.4 Å². The third-order valence-corrected chi connectivity index (χ3v) is 3.41. The number of aromatic nitrogens is 1. The lowest BCUT2D eigenvalue weighted by molar-refractivity contribution is 0.167. The molecule has 1 heterocycles. The molecular formula is C18H23NO. The molecule has 106 valence electrons. The van der Waals surface area contributed by atoms with Gasteiger partial charge in [0.1, 0.15) is 0 Å². The molecule has 2 nitrogen and oxygen atoms in total. The lowest BCUT2D eigenvalue weighted by Gasteiger charge is -2.13. The van der Waals surface area contributed by atoms with Crippen LogP contribution in [-0.4, -0.2) is 10.1 Å². The molecule has 0 amide bonds. The first kappa shape index (κ1) is 14.7. The molecule has 0 fully saturated rings. The maximum atomic E-state index is 10.3. The van der Waals surface area contributed by atoms with Crippen LogP contribution < -0.4 is 0 Å². The van der Waals surface area contributed by atoms with E-state index in [0.717, 1.165) is 24.8 Å². The summed E-state index contributed by atoms with van der Waals surface area (Å²) in [5.41, 5.74) is 3.50. The molecule has 1 N–H and O–H groups in total. The zero-order chi connectivity index (χ0) is 14.4. The minimum absolute atomic E-state index is 0.401. The molecule has 2 aromatic rings. The van der Waals surface area contributed by atoms with E-state index in [2.05, 4.69) is 37.0 Å². The molecule has 0 spiro atoms. The van der Waals surface area contributed by atoms with Crippen LogP contribution in [0.3, 0.4) is 0 Å². The lowest BCUT2D eigenvalue weighted by atomic mass is 9.97. The minimum Gasteiger partial charge on any atom is -0.388 e. The smallest absolute Gasteiger partial charge is 0.0793 e. The van der Waals surface area contributed by atoms with Crippen molar-refractivity contribution in [3.8, 4) is 0 Å². The van der Waals surface area contributed by atoms with Crippen molar-refractivity contribution in [3.05, 3.63) is 65.5 Å². The molecule has 1 aromatic carbocycles. The van der Waals surface area contributed by atoms with E-state index in [4.69, 9.17) is 0 Å². The van der Waals surface area contributed by atoms with Gasteiger partial charge in [0.2, 0.25) is 0 Å². The van der Waals surface area contributed by atoms with Crippen LogP contribution in [0.25, 0.3) is 0 Å². The Kier molecular flexibility index (Phi) is 5.31. The van der Waals surface area contributed by atoms with Crippen LogP contribution in [0.15, 0.2) is 48.8 Å². The van der Waals surface area contributed by atoms with Crippen LogP contribution in [0.5, 0.6) is 0 Å². The molecule has 1 aromatic heterocycles. The van der Waals surface area contributed by atoms with Gasteiger partial charge < -0.3 is 5.11 Å². The topological polar surface area (TPSA) is 33.1 Å². The highest BCUT2D eigenvalue weighted by molar-refractivity contribution is 5.25. The van der Waals surface area contributed by atoms with Crippen LogP contribution in [0.2, 0.25) is 0 Å². The van der Waals surface area contributed by atoms with Crippen molar-refractivity contribution >= 4 is 0 Å². The van der Waals surface area contributed by atoms with Gasteiger partial charge >= 0.3 is 0 Å². The van der Waals surface area contributed by atoms with Crippen molar-refractivity contribution in [1.29, 1.82) is 0 Å². The fourth-order valence-electron chi connectivity index (χ4n) is 2.41. The first-order valence-corrected chi connectivity index (χ1v) is 7.31. The number of hydrogen-bond donors (Lipinski definition) is 1. The number of aryl methyl sites for hydroxylation is 1. The second kappa shape index (κ2) is 7.20. The van der Waals surface area contributed by atoms with Gasteiger partial charge in [-0.05, 0) is 47.9 Å². The predicted octanol–water partition coefficient (Wildman–Crippen LogP) is 3.95. The van der Waals surface area contributed by atoms with Gasteiger partial charge in [-0.3, -0.25) is 4.98 Å². The van der Waals surface area contributed by atoms with Crippen molar-refractivity contribution in [2.24, 2.45) is 5.92 Å².